The molecule has 4 rings (SSSR count). The van der Waals surface area contributed by atoms with Gasteiger partial charge in [0.2, 0.25) is 0 Å². The van der Waals surface area contributed by atoms with Gasteiger partial charge in [-0.25, -0.2) is 18.2 Å². The fraction of sp³-hybridized carbons (Fsp3) is 0.190. The molecule has 6 nitrogen and oxygen atoms in total. The summed E-state index contributed by atoms with van der Waals surface area (Å²) in [6, 6.07) is 6.82. The molecule has 1 aliphatic heterocycles. The van der Waals surface area contributed by atoms with Crippen LogP contribution < -0.4 is 15.4 Å². The molecule has 1 aliphatic rings. The summed E-state index contributed by atoms with van der Waals surface area (Å²) in [5.41, 5.74) is -1.13. The standard InChI is InChI=1S/C21H17F3N4O2/c22-13-2-1-3-14(23)19(13)20-15(24)4-5-16(27-20)21(29)28-17-11-26-9-7-18(17)30-12-6-8-25-10-12/h1-5,7,9,11-12,25H,6,8,10H2,(H,28,29). The van der Waals surface area contributed by atoms with Crippen LogP contribution in [-0.4, -0.2) is 35.1 Å². The van der Waals surface area contributed by atoms with E-state index in [4.69, 9.17) is 4.74 Å². The van der Waals surface area contributed by atoms with Crippen LogP contribution in [0.1, 0.15) is 16.9 Å². The van der Waals surface area contributed by atoms with Crippen LogP contribution in [0.3, 0.4) is 0 Å². The zero-order valence-electron chi connectivity index (χ0n) is 15.7. The Morgan fingerprint density at radius 1 is 1.10 bits per heavy atom. The molecule has 30 heavy (non-hydrogen) atoms. The van der Waals surface area contributed by atoms with Gasteiger partial charge in [-0.2, -0.15) is 0 Å². The van der Waals surface area contributed by atoms with Crippen LogP contribution in [0.25, 0.3) is 11.3 Å². The summed E-state index contributed by atoms with van der Waals surface area (Å²) in [5, 5.41) is 5.79. The van der Waals surface area contributed by atoms with Gasteiger partial charge in [0.1, 0.15) is 46.4 Å². The first kappa shape index (κ1) is 19.8. The maximum Gasteiger partial charge on any atom is 0.274 e. The molecule has 0 saturated carbocycles. The molecule has 3 aromatic rings. The molecule has 1 aromatic carbocycles. The zero-order chi connectivity index (χ0) is 21.1. The van der Waals surface area contributed by atoms with E-state index in [1.54, 1.807) is 6.07 Å². The molecule has 1 fully saturated rings. The molecule has 1 unspecified atom stereocenters. The van der Waals surface area contributed by atoms with Gasteiger partial charge in [-0.05, 0) is 37.2 Å². The van der Waals surface area contributed by atoms with Gasteiger partial charge < -0.3 is 15.4 Å². The molecular weight excluding hydrogens is 397 g/mol. The third-order valence-electron chi connectivity index (χ3n) is 4.62. The third-order valence-corrected chi connectivity index (χ3v) is 4.62. The Labute approximate surface area is 170 Å². The van der Waals surface area contributed by atoms with Crippen molar-refractivity contribution in [1.82, 2.24) is 15.3 Å². The molecule has 154 valence electrons. The predicted octanol–water partition coefficient (Wildman–Crippen LogP) is 3.55. The Balaban J connectivity index is 1.61. The maximum absolute atomic E-state index is 14.2. The number of halogens is 3. The summed E-state index contributed by atoms with van der Waals surface area (Å²) >= 11 is 0. The molecule has 2 aromatic heterocycles. The van der Waals surface area contributed by atoms with Gasteiger partial charge in [0.15, 0.2) is 0 Å². The predicted molar refractivity (Wildman–Crippen MR) is 104 cm³/mol. The first-order valence-electron chi connectivity index (χ1n) is 9.26. The fourth-order valence-electron chi connectivity index (χ4n) is 3.14. The Hall–Kier alpha value is -3.46. The van der Waals surface area contributed by atoms with Crippen LogP contribution in [0.5, 0.6) is 5.75 Å². The van der Waals surface area contributed by atoms with E-state index in [9.17, 15) is 18.0 Å². The number of carbonyl (C=O) groups is 1. The number of nitrogens with zero attached hydrogens (tertiary/aromatic N) is 2. The second kappa shape index (κ2) is 8.50. The Morgan fingerprint density at radius 3 is 2.63 bits per heavy atom. The van der Waals surface area contributed by atoms with E-state index in [1.807, 2.05) is 0 Å². The van der Waals surface area contributed by atoms with Crippen molar-refractivity contribution < 1.29 is 22.7 Å². The number of rotatable bonds is 5. The highest BCUT2D eigenvalue weighted by Gasteiger charge is 2.21. The lowest BCUT2D eigenvalue weighted by Gasteiger charge is -2.16. The summed E-state index contributed by atoms with van der Waals surface area (Å²) in [4.78, 5) is 20.5. The summed E-state index contributed by atoms with van der Waals surface area (Å²) in [5.74, 6) is -3.18. The van der Waals surface area contributed by atoms with Crippen LogP contribution in [0.4, 0.5) is 18.9 Å². The second-order valence-electron chi connectivity index (χ2n) is 6.68. The first-order valence-corrected chi connectivity index (χ1v) is 9.26. The number of nitrogens with one attached hydrogen (secondary N) is 2. The smallest absolute Gasteiger partial charge is 0.274 e. The largest absolute Gasteiger partial charge is 0.487 e. The lowest BCUT2D eigenvalue weighted by molar-refractivity contribution is 0.102. The van der Waals surface area contributed by atoms with Gasteiger partial charge in [-0.1, -0.05) is 6.07 Å². The first-order chi connectivity index (χ1) is 14.5. The van der Waals surface area contributed by atoms with Gasteiger partial charge in [0.05, 0.1) is 11.8 Å². The van der Waals surface area contributed by atoms with Gasteiger partial charge in [0.25, 0.3) is 5.91 Å². The second-order valence-corrected chi connectivity index (χ2v) is 6.68. The van der Waals surface area contributed by atoms with Crippen molar-refractivity contribution in [3.63, 3.8) is 0 Å². The van der Waals surface area contributed by atoms with Gasteiger partial charge in [-0.3, -0.25) is 9.78 Å². The molecule has 0 aliphatic carbocycles. The highest BCUT2D eigenvalue weighted by molar-refractivity contribution is 6.03. The molecule has 9 heteroatoms. The molecule has 1 amide bonds. The molecule has 0 radical (unpaired) electrons. The minimum Gasteiger partial charge on any atom is -0.487 e. The number of carbonyl (C=O) groups excluding carboxylic acids is 1. The number of amides is 1. The Kier molecular flexibility index (Phi) is 5.62. The van der Waals surface area contributed by atoms with E-state index < -0.39 is 34.6 Å². The van der Waals surface area contributed by atoms with Crippen molar-refractivity contribution in [1.29, 1.82) is 0 Å². The van der Waals surface area contributed by atoms with Crippen LogP contribution >= 0.6 is 0 Å². The van der Waals surface area contributed by atoms with Crippen molar-refractivity contribution in [2.45, 2.75) is 12.5 Å². The van der Waals surface area contributed by atoms with E-state index in [0.717, 1.165) is 43.3 Å². The molecule has 3 heterocycles. The van der Waals surface area contributed by atoms with E-state index in [0.29, 0.717) is 18.0 Å². The fourth-order valence-corrected chi connectivity index (χ4v) is 3.14. The highest BCUT2D eigenvalue weighted by Crippen LogP contribution is 2.28. The van der Waals surface area contributed by atoms with Gasteiger partial charge in [0, 0.05) is 18.8 Å². The number of hydrogen-bond acceptors (Lipinski definition) is 5. The quantitative estimate of drug-likeness (QED) is 0.668. The zero-order valence-corrected chi connectivity index (χ0v) is 15.7. The normalized spacial score (nSPS) is 15.8. The van der Waals surface area contributed by atoms with Crippen molar-refractivity contribution in [2.24, 2.45) is 0 Å². The van der Waals surface area contributed by atoms with E-state index in [2.05, 4.69) is 20.6 Å². The van der Waals surface area contributed by atoms with E-state index in [-0.39, 0.29) is 11.8 Å². The van der Waals surface area contributed by atoms with Crippen molar-refractivity contribution in [3.05, 3.63) is 71.9 Å². The topological polar surface area (TPSA) is 76.1 Å². The number of aromatic nitrogens is 2. The van der Waals surface area contributed by atoms with Crippen LogP contribution in [0.15, 0.2) is 48.8 Å². The lowest BCUT2D eigenvalue weighted by Crippen LogP contribution is -2.21. The number of benzene rings is 1. The minimum atomic E-state index is -0.980. The molecule has 2 N–H and O–H groups in total. The lowest BCUT2D eigenvalue weighted by atomic mass is 10.1. The summed E-state index contributed by atoms with van der Waals surface area (Å²) in [6.07, 6.45) is 3.73. The molecule has 0 spiro atoms. The number of hydrogen-bond donors (Lipinski definition) is 2. The van der Waals surface area contributed by atoms with Crippen molar-refractivity contribution in [2.75, 3.05) is 18.4 Å². The highest BCUT2D eigenvalue weighted by atomic mass is 19.1. The number of pyridine rings is 2. The number of anilines is 1. The summed E-state index contributed by atoms with van der Waals surface area (Å²) in [7, 11) is 0. The SMILES string of the molecule is O=C(Nc1cnccc1OC1CCNC1)c1ccc(F)c(-c2c(F)cccc2F)n1. The Morgan fingerprint density at radius 2 is 1.90 bits per heavy atom. The number of ether oxygens (including phenoxy) is 1. The molecule has 1 saturated heterocycles. The van der Waals surface area contributed by atoms with Crippen molar-refractivity contribution in [3.8, 4) is 17.0 Å². The van der Waals surface area contributed by atoms with Crippen LogP contribution in [0.2, 0.25) is 0 Å². The van der Waals surface area contributed by atoms with Crippen LogP contribution in [0, 0.1) is 17.5 Å². The molecule has 0 bridgehead atoms. The van der Waals surface area contributed by atoms with Gasteiger partial charge in [-0.15, -0.1) is 0 Å². The maximum atomic E-state index is 14.2. The summed E-state index contributed by atoms with van der Waals surface area (Å²) < 4.78 is 48.3. The average molecular weight is 414 g/mol. The monoisotopic (exact) mass is 414 g/mol. The molecular formula is C21H17F3N4O2. The van der Waals surface area contributed by atoms with Crippen molar-refractivity contribution >= 4 is 11.6 Å². The van der Waals surface area contributed by atoms with E-state index >= 15 is 0 Å². The van der Waals surface area contributed by atoms with Crippen LogP contribution in [-0.2, 0) is 0 Å². The Bertz CT molecular complexity index is 1070. The average Bonchev–Trinajstić information content (AvgIpc) is 3.24. The summed E-state index contributed by atoms with van der Waals surface area (Å²) in [6.45, 7) is 1.53. The molecule has 1 atom stereocenters. The minimum absolute atomic E-state index is 0.0392. The van der Waals surface area contributed by atoms with E-state index in [1.165, 1.54) is 12.4 Å². The van der Waals surface area contributed by atoms with Gasteiger partial charge >= 0.3 is 0 Å². The third kappa shape index (κ3) is 4.11.